The Morgan fingerprint density at radius 2 is 1.60 bits per heavy atom. The summed E-state index contributed by atoms with van der Waals surface area (Å²) in [7, 11) is 0. The lowest BCUT2D eigenvalue weighted by Crippen LogP contribution is -2.21. The molecule has 2 aliphatic carbocycles. The molecule has 0 bridgehead atoms. The van der Waals surface area contributed by atoms with Crippen LogP contribution in [0.4, 0.5) is 0 Å². The summed E-state index contributed by atoms with van der Waals surface area (Å²) in [5.41, 5.74) is 1.38. The number of halogens is 1. The third kappa shape index (κ3) is 5.78. The lowest BCUT2D eigenvalue weighted by atomic mass is 9.77. The molecule has 1 saturated carbocycles. The molecule has 0 atom stereocenters. The van der Waals surface area contributed by atoms with Crippen LogP contribution in [0.2, 0.25) is 0 Å². The van der Waals surface area contributed by atoms with Gasteiger partial charge in [0.1, 0.15) is 12.1 Å². The van der Waals surface area contributed by atoms with E-state index in [4.69, 9.17) is 11.6 Å². The Balaban J connectivity index is 0.000000204. The molecule has 0 radical (unpaired) electrons. The Hall–Kier alpha value is -0.630. The molecule has 0 saturated heterocycles. The van der Waals surface area contributed by atoms with Gasteiger partial charge in [0.25, 0.3) is 0 Å². The molecule has 114 valence electrons. The fraction of sp³-hybridized carbons (Fsp3) is 0.765. The smallest absolute Gasteiger partial charge is 0.147 e. The van der Waals surface area contributed by atoms with E-state index in [2.05, 4.69) is 27.7 Å². The van der Waals surface area contributed by atoms with Crippen LogP contribution in [0.5, 0.6) is 0 Å². The second-order valence-corrected chi connectivity index (χ2v) is 8.08. The number of aldehydes is 1. The van der Waals surface area contributed by atoms with Gasteiger partial charge in [0.05, 0.1) is 0 Å². The van der Waals surface area contributed by atoms with Crippen molar-refractivity contribution in [3.05, 3.63) is 10.6 Å². The Bertz CT molecular complexity index is 405. The minimum atomic E-state index is 0.281. The quantitative estimate of drug-likeness (QED) is 0.635. The van der Waals surface area contributed by atoms with E-state index in [-0.39, 0.29) is 5.41 Å². The zero-order chi connectivity index (χ0) is 15.4. The number of ketones is 1. The monoisotopic (exact) mass is 298 g/mol. The van der Waals surface area contributed by atoms with Gasteiger partial charge in [-0.1, -0.05) is 39.3 Å². The number of Topliss-reactive ketones (excluding diaryl/α,β-unsaturated/α-hetero) is 1. The van der Waals surface area contributed by atoms with Crippen molar-refractivity contribution in [2.24, 2.45) is 10.8 Å². The highest BCUT2D eigenvalue weighted by molar-refractivity contribution is 6.31. The zero-order valence-electron chi connectivity index (χ0n) is 13.2. The fourth-order valence-corrected chi connectivity index (χ4v) is 3.33. The van der Waals surface area contributed by atoms with Crippen molar-refractivity contribution < 1.29 is 9.59 Å². The van der Waals surface area contributed by atoms with Gasteiger partial charge in [0.2, 0.25) is 0 Å². The molecule has 20 heavy (non-hydrogen) atoms. The molecule has 1 fully saturated rings. The van der Waals surface area contributed by atoms with Gasteiger partial charge >= 0.3 is 0 Å². The molecule has 0 aliphatic heterocycles. The topological polar surface area (TPSA) is 34.1 Å². The summed E-state index contributed by atoms with van der Waals surface area (Å²) in [4.78, 5) is 21.3. The molecule has 2 nitrogen and oxygen atoms in total. The molecule has 0 aromatic rings. The average molecular weight is 299 g/mol. The van der Waals surface area contributed by atoms with Crippen LogP contribution >= 0.6 is 11.6 Å². The van der Waals surface area contributed by atoms with Gasteiger partial charge in [-0.05, 0) is 42.9 Å². The molecule has 0 aromatic heterocycles. The maximum absolute atomic E-state index is 10.9. The van der Waals surface area contributed by atoms with Crippen LogP contribution in [0.15, 0.2) is 10.6 Å². The first kappa shape index (κ1) is 17.4. The van der Waals surface area contributed by atoms with Gasteiger partial charge < -0.3 is 0 Å². The molecule has 0 aromatic carbocycles. The standard InChI is InChI=1S/C9H13ClO.C8H14O/c1-9(2)4-3-7(6-11)8(10)5-9;1-8(2)5-3-4-7(9)6-8/h6H,3-5H2,1-2H3;3-6H2,1-2H3. The predicted octanol–water partition coefficient (Wildman–Crippen LogP) is 5.04. The van der Waals surface area contributed by atoms with E-state index in [9.17, 15) is 9.59 Å². The second kappa shape index (κ2) is 6.89. The number of hydrogen-bond acceptors (Lipinski definition) is 2. The van der Waals surface area contributed by atoms with E-state index in [0.717, 1.165) is 55.4 Å². The Labute approximate surface area is 128 Å². The predicted molar refractivity (Wildman–Crippen MR) is 83.8 cm³/mol. The van der Waals surface area contributed by atoms with Crippen molar-refractivity contribution in [3.8, 4) is 0 Å². The van der Waals surface area contributed by atoms with E-state index in [1.807, 2.05) is 0 Å². The molecule has 0 amide bonds. The number of rotatable bonds is 1. The Kier molecular flexibility index (Phi) is 6.00. The number of carbonyl (C=O) groups excluding carboxylic acids is 2. The van der Waals surface area contributed by atoms with Crippen LogP contribution in [-0.2, 0) is 9.59 Å². The lowest BCUT2D eigenvalue weighted by Gasteiger charge is -2.29. The van der Waals surface area contributed by atoms with E-state index in [0.29, 0.717) is 11.2 Å². The molecule has 2 aliphatic rings. The minimum Gasteiger partial charge on any atom is -0.300 e. The minimum absolute atomic E-state index is 0.281. The van der Waals surface area contributed by atoms with E-state index in [1.54, 1.807) is 0 Å². The molecule has 0 heterocycles. The third-order valence-electron chi connectivity index (χ3n) is 4.18. The van der Waals surface area contributed by atoms with Crippen LogP contribution in [0.1, 0.15) is 72.6 Å². The summed E-state index contributed by atoms with van der Waals surface area (Å²) in [6, 6.07) is 0. The van der Waals surface area contributed by atoms with Gasteiger partial charge in [-0.2, -0.15) is 0 Å². The number of hydrogen-bond donors (Lipinski definition) is 0. The van der Waals surface area contributed by atoms with Gasteiger partial charge in [-0.3, -0.25) is 9.59 Å². The zero-order valence-corrected chi connectivity index (χ0v) is 14.0. The summed E-state index contributed by atoms with van der Waals surface area (Å²) in [6.07, 6.45) is 7.59. The van der Waals surface area contributed by atoms with Crippen LogP contribution in [0, 0.1) is 10.8 Å². The summed E-state index contributed by atoms with van der Waals surface area (Å²) < 4.78 is 0. The van der Waals surface area contributed by atoms with Crippen LogP contribution in [0.3, 0.4) is 0 Å². The largest absolute Gasteiger partial charge is 0.300 e. The van der Waals surface area contributed by atoms with Crippen molar-refractivity contribution >= 4 is 23.7 Å². The van der Waals surface area contributed by atoms with Crippen molar-refractivity contribution in [1.82, 2.24) is 0 Å². The van der Waals surface area contributed by atoms with Crippen molar-refractivity contribution in [2.75, 3.05) is 0 Å². The average Bonchev–Trinajstić information content (AvgIpc) is 2.26. The number of carbonyl (C=O) groups is 2. The van der Waals surface area contributed by atoms with Gasteiger partial charge in [0.15, 0.2) is 0 Å². The number of allylic oxidation sites excluding steroid dienone is 2. The normalized spacial score (nSPS) is 24.8. The first-order valence-corrected chi connectivity index (χ1v) is 7.87. The third-order valence-corrected chi connectivity index (χ3v) is 4.56. The van der Waals surface area contributed by atoms with Gasteiger partial charge in [-0.15, -0.1) is 0 Å². The summed E-state index contributed by atoms with van der Waals surface area (Å²) in [5, 5.41) is 0.760. The summed E-state index contributed by atoms with van der Waals surface area (Å²) in [5.74, 6) is 0.450. The molecule has 0 N–H and O–H groups in total. The van der Waals surface area contributed by atoms with Gasteiger partial charge in [-0.25, -0.2) is 0 Å². The summed E-state index contributed by atoms with van der Waals surface area (Å²) >= 11 is 5.92. The maximum atomic E-state index is 10.9. The lowest BCUT2D eigenvalue weighted by molar-refractivity contribution is -0.123. The highest BCUT2D eigenvalue weighted by atomic mass is 35.5. The SMILES string of the molecule is CC1(C)CCC(C=O)=C(Cl)C1.CC1(C)CCCC(=O)C1. The van der Waals surface area contributed by atoms with E-state index in [1.165, 1.54) is 6.42 Å². The maximum Gasteiger partial charge on any atom is 0.147 e. The van der Waals surface area contributed by atoms with Crippen molar-refractivity contribution in [1.29, 1.82) is 0 Å². The molecule has 2 rings (SSSR count). The van der Waals surface area contributed by atoms with Crippen molar-refractivity contribution in [2.45, 2.75) is 72.6 Å². The molecule has 0 unspecified atom stereocenters. The molecule has 3 heteroatoms. The van der Waals surface area contributed by atoms with E-state index < -0.39 is 0 Å². The van der Waals surface area contributed by atoms with Crippen molar-refractivity contribution in [3.63, 3.8) is 0 Å². The highest BCUT2D eigenvalue weighted by Gasteiger charge is 2.26. The Morgan fingerprint density at radius 1 is 1.00 bits per heavy atom. The summed E-state index contributed by atoms with van der Waals surface area (Å²) in [6.45, 7) is 8.70. The molecular weight excluding hydrogens is 272 g/mol. The second-order valence-electron chi connectivity index (χ2n) is 7.62. The van der Waals surface area contributed by atoms with Crippen LogP contribution in [-0.4, -0.2) is 12.1 Å². The Morgan fingerprint density at radius 3 is 2.00 bits per heavy atom. The fourth-order valence-electron chi connectivity index (χ4n) is 2.83. The highest BCUT2D eigenvalue weighted by Crippen LogP contribution is 2.39. The first-order valence-electron chi connectivity index (χ1n) is 7.50. The molecular formula is C17H27ClO2. The van der Waals surface area contributed by atoms with Crippen LogP contribution in [0.25, 0.3) is 0 Å². The molecule has 0 spiro atoms. The van der Waals surface area contributed by atoms with E-state index >= 15 is 0 Å². The van der Waals surface area contributed by atoms with Crippen LogP contribution < -0.4 is 0 Å². The van der Waals surface area contributed by atoms with Gasteiger partial charge in [0, 0.05) is 23.4 Å². The first-order chi connectivity index (χ1) is 9.15.